The van der Waals surface area contributed by atoms with Crippen molar-refractivity contribution >= 4 is 16.7 Å². The molecular formula is C19H17N7O2. The average Bonchev–Trinajstić information content (AvgIpc) is 3.41. The van der Waals surface area contributed by atoms with E-state index in [9.17, 15) is 4.79 Å². The van der Waals surface area contributed by atoms with Crippen molar-refractivity contribution < 1.29 is 4.74 Å². The fourth-order valence-electron chi connectivity index (χ4n) is 3.40. The van der Waals surface area contributed by atoms with Crippen LogP contribution in [0.1, 0.15) is 6.04 Å². The van der Waals surface area contributed by atoms with Gasteiger partial charge in [-0.2, -0.15) is 5.10 Å². The van der Waals surface area contributed by atoms with E-state index in [0.29, 0.717) is 24.8 Å². The molecule has 0 bridgehead atoms. The maximum atomic E-state index is 12.5. The zero-order valence-corrected chi connectivity index (χ0v) is 14.8. The molecule has 1 aliphatic rings. The number of hydrogen-bond acceptors (Lipinski definition) is 7. The highest BCUT2D eigenvalue weighted by atomic mass is 16.5. The van der Waals surface area contributed by atoms with Gasteiger partial charge in [0.2, 0.25) is 0 Å². The first-order valence-electron chi connectivity index (χ1n) is 8.93. The summed E-state index contributed by atoms with van der Waals surface area (Å²) in [5.41, 5.74) is 0.664. The van der Waals surface area contributed by atoms with Gasteiger partial charge in [-0.25, -0.2) is 19.3 Å². The summed E-state index contributed by atoms with van der Waals surface area (Å²) in [4.78, 5) is 21.2. The van der Waals surface area contributed by atoms with E-state index in [1.54, 1.807) is 29.2 Å². The monoisotopic (exact) mass is 375 g/mol. The molecule has 28 heavy (non-hydrogen) atoms. The fraction of sp³-hybridized carbons (Fsp3) is 0.211. The van der Waals surface area contributed by atoms with Gasteiger partial charge in [-0.15, -0.1) is 5.10 Å². The second kappa shape index (κ2) is 6.86. The SMILES string of the molecule is O=c1ccc(-n2cccn2)nn1C1COCC1Nc1ncnc2ccccc12. The number of hydrogen-bond donors (Lipinski definition) is 1. The lowest BCUT2D eigenvalue weighted by molar-refractivity contribution is 0.182. The Morgan fingerprint density at radius 3 is 2.89 bits per heavy atom. The Kier molecular flexibility index (Phi) is 4.06. The molecule has 4 aromatic rings. The molecule has 5 rings (SSSR count). The molecule has 0 radical (unpaired) electrons. The Morgan fingerprint density at radius 1 is 1.07 bits per heavy atom. The fourth-order valence-corrected chi connectivity index (χ4v) is 3.40. The van der Waals surface area contributed by atoms with Crippen molar-refractivity contribution in [3.8, 4) is 5.82 Å². The Morgan fingerprint density at radius 2 is 2.00 bits per heavy atom. The van der Waals surface area contributed by atoms with Crippen LogP contribution in [0, 0.1) is 0 Å². The van der Waals surface area contributed by atoms with Crippen LogP contribution in [0.4, 0.5) is 5.82 Å². The molecule has 0 spiro atoms. The normalized spacial score (nSPS) is 19.1. The van der Waals surface area contributed by atoms with Crippen LogP contribution in [-0.2, 0) is 4.74 Å². The minimum atomic E-state index is -0.267. The second-order valence-corrected chi connectivity index (χ2v) is 6.52. The van der Waals surface area contributed by atoms with Crippen molar-refractivity contribution in [2.45, 2.75) is 12.1 Å². The highest BCUT2D eigenvalue weighted by Crippen LogP contribution is 2.25. The van der Waals surface area contributed by atoms with E-state index < -0.39 is 0 Å². The Hall–Kier alpha value is -3.59. The van der Waals surface area contributed by atoms with Crippen molar-refractivity contribution in [3.05, 3.63) is 71.5 Å². The molecule has 3 aromatic heterocycles. The van der Waals surface area contributed by atoms with E-state index in [-0.39, 0.29) is 17.6 Å². The van der Waals surface area contributed by atoms with E-state index in [2.05, 4.69) is 25.5 Å². The lowest BCUT2D eigenvalue weighted by atomic mass is 10.1. The average molecular weight is 375 g/mol. The third-order valence-corrected chi connectivity index (χ3v) is 4.78. The maximum absolute atomic E-state index is 12.5. The highest BCUT2D eigenvalue weighted by Gasteiger charge is 2.32. The maximum Gasteiger partial charge on any atom is 0.267 e. The summed E-state index contributed by atoms with van der Waals surface area (Å²) in [6.45, 7) is 0.833. The van der Waals surface area contributed by atoms with Gasteiger partial charge in [0.1, 0.15) is 18.2 Å². The molecule has 2 atom stereocenters. The number of anilines is 1. The van der Waals surface area contributed by atoms with Gasteiger partial charge in [-0.1, -0.05) is 12.1 Å². The van der Waals surface area contributed by atoms with E-state index in [1.807, 2.05) is 24.3 Å². The third-order valence-electron chi connectivity index (χ3n) is 4.78. The van der Waals surface area contributed by atoms with Gasteiger partial charge in [0.15, 0.2) is 5.82 Å². The van der Waals surface area contributed by atoms with Gasteiger partial charge in [0, 0.05) is 23.8 Å². The number of benzene rings is 1. The first-order valence-corrected chi connectivity index (χ1v) is 8.93. The second-order valence-electron chi connectivity index (χ2n) is 6.52. The Bertz CT molecular complexity index is 1170. The Balaban J connectivity index is 1.49. The van der Waals surface area contributed by atoms with Crippen LogP contribution in [0.25, 0.3) is 16.7 Å². The smallest absolute Gasteiger partial charge is 0.267 e. The zero-order valence-electron chi connectivity index (χ0n) is 14.8. The summed E-state index contributed by atoms with van der Waals surface area (Å²) < 4.78 is 8.75. The minimum absolute atomic E-state index is 0.156. The van der Waals surface area contributed by atoms with Crippen LogP contribution in [0.5, 0.6) is 0 Å². The van der Waals surface area contributed by atoms with Gasteiger partial charge in [0.25, 0.3) is 5.56 Å². The predicted molar refractivity (Wildman–Crippen MR) is 102 cm³/mol. The van der Waals surface area contributed by atoms with E-state index in [4.69, 9.17) is 4.74 Å². The molecule has 1 fully saturated rings. The van der Waals surface area contributed by atoms with Crippen molar-refractivity contribution in [2.24, 2.45) is 0 Å². The molecule has 0 saturated carbocycles. The first kappa shape index (κ1) is 16.6. The molecule has 140 valence electrons. The highest BCUT2D eigenvalue weighted by molar-refractivity contribution is 5.88. The van der Waals surface area contributed by atoms with Gasteiger partial charge in [0.05, 0.1) is 24.8 Å². The standard InChI is InChI=1S/C19H17N7O2/c27-18-7-6-17(25-9-3-8-22-25)24-26(18)16-11-28-10-15(16)23-19-13-4-1-2-5-14(13)20-12-21-19/h1-9,12,15-16H,10-11H2,(H,20,21,23). The quantitative estimate of drug-likeness (QED) is 0.576. The van der Waals surface area contributed by atoms with Crippen molar-refractivity contribution in [3.63, 3.8) is 0 Å². The number of ether oxygens (including phenoxy) is 1. The summed E-state index contributed by atoms with van der Waals surface area (Å²) in [6.07, 6.45) is 4.98. The summed E-state index contributed by atoms with van der Waals surface area (Å²) in [5.74, 6) is 1.28. The molecule has 1 saturated heterocycles. The van der Waals surface area contributed by atoms with E-state index >= 15 is 0 Å². The molecule has 2 unspecified atom stereocenters. The van der Waals surface area contributed by atoms with Crippen LogP contribution >= 0.6 is 0 Å². The lowest BCUT2D eigenvalue weighted by Crippen LogP contribution is -2.37. The van der Waals surface area contributed by atoms with Gasteiger partial charge in [-0.05, 0) is 24.3 Å². The van der Waals surface area contributed by atoms with E-state index in [1.165, 1.54) is 17.1 Å². The van der Waals surface area contributed by atoms with Crippen molar-refractivity contribution in [1.29, 1.82) is 0 Å². The van der Waals surface area contributed by atoms with Crippen LogP contribution in [0.15, 0.2) is 66.0 Å². The summed E-state index contributed by atoms with van der Waals surface area (Å²) >= 11 is 0. The topological polar surface area (TPSA) is 99.8 Å². The van der Waals surface area contributed by atoms with Crippen LogP contribution in [-0.4, -0.2) is 48.8 Å². The largest absolute Gasteiger partial charge is 0.377 e. The molecule has 1 aliphatic heterocycles. The molecule has 9 nitrogen and oxygen atoms in total. The summed E-state index contributed by atoms with van der Waals surface area (Å²) in [7, 11) is 0. The summed E-state index contributed by atoms with van der Waals surface area (Å²) in [6, 6.07) is 12.3. The molecule has 0 amide bonds. The number of para-hydroxylation sites is 1. The van der Waals surface area contributed by atoms with Crippen LogP contribution in [0.2, 0.25) is 0 Å². The minimum Gasteiger partial charge on any atom is -0.377 e. The number of aromatic nitrogens is 6. The molecule has 4 heterocycles. The Labute approximate surface area is 159 Å². The first-order chi connectivity index (χ1) is 13.8. The van der Waals surface area contributed by atoms with Gasteiger partial charge >= 0.3 is 0 Å². The lowest BCUT2D eigenvalue weighted by Gasteiger charge is -2.21. The van der Waals surface area contributed by atoms with Crippen molar-refractivity contribution in [2.75, 3.05) is 18.5 Å². The molecule has 0 aliphatic carbocycles. The number of nitrogens with one attached hydrogen (secondary N) is 1. The van der Waals surface area contributed by atoms with Gasteiger partial charge in [-0.3, -0.25) is 4.79 Å². The molecule has 9 heteroatoms. The number of fused-ring (bicyclic) bond motifs is 1. The number of rotatable bonds is 4. The van der Waals surface area contributed by atoms with Gasteiger partial charge < -0.3 is 10.1 Å². The van der Waals surface area contributed by atoms with Crippen LogP contribution in [0.3, 0.4) is 0 Å². The summed E-state index contributed by atoms with van der Waals surface area (Å²) in [5, 5.41) is 13.0. The number of nitrogens with zero attached hydrogens (tertiary/aromatic N) is 6. The third kappa shape index (κ3) is 2.91. The van der Waals surface area contributed by atoms with Crippen LogP contribution < -0.4 is 10.9 Å². The molecule has 1 aromatic carbocycles. The molecular weight excluding hydrogens is 358 g/mol. The molecule has 1 N–H and O–H groups in total. The van der Waals surface area contributed by atoms with Crippen molar-refractivity contribution in [1.82, 2.24) is 29.5 Å². The zero-order chi connectivity index (χ0) is 18.9. The van der Waals surface area contributed by atoms with E-state index in [0.717, 1.165) is 10.9 Å². The predicted octanol–water partition coefficient (Wildman–Crippen LogP) is 1.42.